The van der Waals surface area contributed by atoms with Gasteiger partial charge < -0.3 is 10.6 Å². The van der Waals surface area contributed by atoms with E-state index >= 15 is 0 Å². The molecule has 0 saturated carbocycles. The van der Waals surface area contributed by atoms with Gasteiger partial charge in [0.05, 0.1) is 11.8 Å². The number of anilines is 2. The number of allylic oxidation sites excluding steroid dienone is 7. The number of fused-ring (bicyclic) bond motifs is 3. The van der Waals surface area contributed by atoms with Gasteiger partial charge >= 0.3 is 0 Å². The summed E-state index contributed by atoms with van der Waals surface area (Å²) in [7, 11) is 0. The van der Waals surface area contributed by atoms with Crippen molar-refractivity contribution in [1.82, 2.24) is 0 Å². The number of hydrogen-bond acceptors (Lipinski definition) is 3. The number of hydrogen-bond donors (Lipinski definition) is 1. The Morgan fingerprint density at radius 3 is 2.34 bits per heavy atom. The van der Waals surface area contributed by atoms with Crippen LogP contribution in [0.5, 0.6) is 0 Å². The monoisotopic (exact) mass is 615 g/mol. The van der Waals surface area contributed by atoms with Gasteiger partial charge in [0.1, 0.15) is 0 Å². The molecule has 236 valence electrons. The molecule has 2 aliphatic rings. The molecule has 1 unspecified atom stereocenters. The first kappa shape index (κ1) is 31.8. The van der Waals surface area contributed by atoms with Crippen molar-refractivity contribution in [3.05, 3.63) is 179 Å². The van der Waals surface area contributed by atoms with E-state index in [9.17, 15) is 0 Å². The molecule has 1 heterocycles. The highest BCUT2D eigenvalue weighted by molar-refractivity contribution is 6.12. The summed E-state index contributed by atoms with van der Waals surface area (Å²) in [5.41, 5.74) is 20.9. The van der Waals surface area contributed by atoms with Crippen molar-refractivity contribution >= 4 is 28.4 Å². The summed E-state index contributed by atoms with van der Waals surface area (Å²) in [5.74, 6) is 0. The second kappa shape index (κ2) is 13.7. The van der Waals surface area contributed by atoms with Gasteiger partial charge in [-0.05, 0) is 96.0 Å². The number of rotatable bonds is 7. The Hall–Kier alpha value is -5.15. The third-order valence-corrected chi connectivity index (χ3v) is 9.61. The average Bonchev–Trinajstić information content (AvgIpc) is 3.35. The van der Waals surface area contributed by atoms with Crippen molar-refractivity contribution in [2.24, 2.45) is 10.7 Å². The van der Waals surface area contributed by atoms with E-state index in [-0.39, 0.29) is 11.5 Å². The van der Waals surface area contributed by atoms with E-state index in [1.165, 1.54) is 39.1 Å². The Labute approximate surface area is 280 Å². The first-order valence-electron chi connectivity index (χ1n) is 16.6. The van der Waals surface area contributed by atoms with E-state index in [0.717, 1.165) is 35.5 Å². The van der Waals surface area contributed by atoms with E-state index in [4.69, 9.17) is 10.7 Å². The van der Waals surface area contributed by atoms with E-state index in [2.05, 4.69) is 142 Å². The molecule has 4 aromatic carbocycles. The van der Waals surface area contributed by atoms with Crippen molar-refractivity contribution in [3.8, 4) is 0 Å². The zero-order valence-corrected chi connectivity index (χ0v) is 28.2. The van der Waals surface area contributed by atoms with Gasteiger partial charge in [-0.1, -0.05) is 129 Å². The summed E-state index contributed by atoms with van der Waals surface area (Å²) < 4.78 is 0. The number of nitrogens with zero attached hydrogens (tertiary/aromatic N) is 2. The predicted molar refractivity (Wildman–Crippen MR) is 202 cm³/mol. The number of nitrogens with two attached hydrogens (primary N) is 1. The minimum absolute atomic E-state index is 0.0204. The zero-order chi connectivity index (χ0) is 33.0. The molecule has 1 atom stereocenters. The van der Waals surface area contributed by atoms with Crippen LogP contribution in [0.3, 0.4) is 0 Å². The van der Waals surface area contributed by atoms with E-state index in [1.54, 1.807) is 0 Å². The highest BCUT2D eigenvalue weighted by Gasteiger charge is 2.37. The fourth-order valence-electron chi connectivity index (χ4n) is 6.73. The Morgan fingerprint density at radius 2 is 1.57 bits per heavy atom. The summed E-state index contributed by atoms with van der Waals surface area (Å²) in [6, 6.07) is 36.7. The van der Waals surface area contributed by atoms with Crippen LogP contribution < -0.4 is 10.6 Å². The van der Waals surface area contributed by atoms with Crippen LogP contribution in [0.2, 0.25) is 0 Å². The van der Waals surface area contributed by atoms with Crippen LogP contribution in [0.15, 0.2) is 156 Å². The first-order valence-corrected chi connectivity index (χ1v) is 16.6. The maximum Gasteiger partial charge on any atom is 0.0688 e. The second-order valence-corrected chi connectivity index (χ2v) is 13.0. The van der Waals surface area contributed by atoms with Gasteiger partial charge in [0.15, 0.2) is 0 Å². The standard InChI is InChI=1S/C44H45N3/c1-6-7-16-31(2)32(3)46-42(34-17-9-8-10-18-34)30-41(45)33-24-26-36(27-25-33)47-28-15-21-38-37-20-12-13-22-39(37)44(4,5)40(38)29-35-19-11-14-23-43(35)47/h6-27,30,32H,28-29,45H2,1-5H3/b7-6-,21-15-,31-16+,41-30-,46-42?. The van der Waals surface area contributed by atoms with Crippen LogP contribution >= 0.6 is 0 Å². The van der Waals surface area contributed by atoms with Crippen molar-refractivity contribution in [1.29, 1.82) is 0 Å². The van der Waals surface area contributed by atoms with Crippen LogP contribution in [0.4, 0.5) is 11.4 Å². The molecule has 0 amide bonds. The molecular weight excluding hydrogens is 571 g/mol. The van der Waals surface area contributed by atoms with E-state index in [0.29, 0.717) is 5.70 Å². The van der Waals surface area contributed by atoms with Gasteiger partial charge in [0.25, 0.3) is 0 Å². The molecule has 0 fully saturated rings. The lowest BCUT2D eigenvalue weighted by Crippen LogP contribution is -2.21. The molecule has 1 aliphatic carbocycles. The number of para-hydroxylation sites is 1. The summed E-state index contributed by atoms with van der Waals surface area (Å²) in [4.78, 5) is 7.51. The van der Waals surface area contributed by atoms with Crippen molar-refractivity contribution in [2.75, 3.05) is 11.4 Å². The maximum atomic E-state index is 6.78. The minimum atomic E-state index is -0.0225. The molecule has 0 radical (unpaired) electrons. The van der Waals surface area contributed by atoms with Gasteiger partial charge in [-0.2, -0.15) is 0 Å². The molecule has 3 heteroatoms. The molecule has 1 aliphatic heterocycles. The van der Waals surface area contributed by atoms with Crippen LogP contribution in [0.1, 0.15) is 62.4 Å². The maximum absolute atomic E-state index is 6.78. The Kier molecular flexibility index (Phi) is 9.26. The van der Waals surface area contributed by atoms with Crippen LogP contribution in [0.25, 0.3) is 11.3 Å². The van der Waals surface area contributed by atoms with Crippen LogP contribution in [-0.4, -0.2) is 18.3 Å². The number of aliphatic imine (C=N–C) groups is 1. The van der Waals surface area contributed by atoms with Gasteiger partial charge in [-0.15, -0.1) is 0 Å². The van der Waals surface area contributed by atoms with Gasteiger partial charge in [-0.3, -0.25) is 4.99 Å². The lowest BCUT2D eigenvalue weighted by molar-refractivity contribution is 0.622. The van der Waals surface area contributed by atoms with E-state index < -0.39 is 0 Å². The molecule has 0 aromatic heterocycles. The highest BCUT2D eigenvalue weighted by atomic mass is 15.1. The van der Waals surface area contributed by atoms with Crippen molar-refractivity contribution in [3.63, 3.8) is 0 Å². The van der Waals surface area contributed by atoms with Crippen molar-refractivity contribution in [2.45, 2.75) is 52.5 Å². The normalized spacial score (nSPS) is 17.8. The molecule has 6 rings (SSSR count). The molecule has 0 saturated heterocycles. The average molecular weight is 616 g/mol. The second-order valence-electron chi connectivity index (χ2n) is 13.0. The molecule has 0 spiro atoms. The summed E-state index contributed by atoms with van der Waals surface area (Å²) in [6.45, 7) is 11.8. The lowest BCUT2D eigenvalue weighted by Gasteiger charge is -2.29. The minimum Gasteiger partial charge on any atom is -0.398 e. The first-order chi connectivity index (χ1) is 22.8. The SMILES string of the molecule is C/C=C\C=C(/C)C(C)N=C(/C=C(\N)c1ccc(N2C/C=C\C3=C(Cc4ccccc42)C(C)(C)c2ccccc23)cc1)c1ccccc1. The fraction of sp³-hybridized carbons (Fsp3) is 0.205. The molecular formula is C44H45N3. The van der Waals surface area contributed by atoms with Crippen molar-refractivity contribution < 1.29 is 0 Å². The molecule has 4 aromatic rings. The van der Waals surface area contributed by atoms with E-state index in [1.807, 2.05) is 37.3 Å². The Morgan fingerprint density at radius 1 is 0.872 bits per heavy atom. The molecule has 2 N–H and O–H groups in total. The Balaban J connectivity index is 1.32. The third kappa shape index (κ3) is 6.57. The van der Waals surface area contributed by atoms with Gasteiger partial charge in [0, 0.05) is 29.0 Å². The van der Waals surface area contributed by atoms with Crippen LogP contribution in [-0.2, 0) is 11.8 Å². The smallest absolute Gasteiger partial charge is 0.0688 e. The topological polar surface area (TPSA) is 41.6 Å². The number of benzene rings is 4. The Bertz CT molecular complexity index is 1930. The molecule has 0 bridgehead atoms. The predicted octanol–water partition coefficient (Wildman–Crippen LogP) is 10.4. The molecule has 47 heavy (non-hydrogen) atoms. The summed E-state index contributed by atoms with van der Waals surface area (Å²) in [6.07, 6.45) is 13.8. The van der Waals surface area contributed by atoms with Gasteiger partial charge in [-0.25, -0.2) is 0 Å². The summed E-state index contributed by atoms with van der Waals surface area (Å²) in [5, 5.41) is 0. The zero-order valence-electron chi connectivity index (χ0n) is 28.2. The molecule has 3 nitrogen and oxygen atoms in total. The largest absolute Gasteiger partial charge is 0.398 e. The third-order valence-electron chi connectivity index (χ3n) is 9.61. The highest BCUT2D eigenvalue weighted by Crippen LogP contribution is 2.49. The summed E-state index contributed by atoms with van der Waals surface area (Å²) >= 11 is 0. The van der Waals surface area contributed by atoms with Gasteiger partial charge in [0.2, 0.25) is 0 Å². The lowest BCUT2D eigenvalue weighted by atomic mass is 9.78. The van der Waals surface area contributed by atoms with Crippen LogP contribution in [0, 0.1) is 0 Å². The fourth-order valence-corrected chi connectivity index (χ4v) is 6.73. The quantitative estimate of drug-likeness (QED) is 0.166.